The Morgan fingerprint density at radius 2 is 1.93 bits per heavy atom. The smallest absolute Gasteiger partial charge is 0.0614 e. The van der Waals surface area contributed by atoms with E-state index >= 15 is 0 Å². The normalized spacial score (nSPS) is 22.5. The fourth-order valence-electron chi connectivity index (χ4n) is 2.08. The van der Waals surface area contributed by atoms with E-state index < -0.39 is 0 Å². The zero-order valence-corrected chi connectivity index (χ0v) is 9.55. The monoisotopic (exact) mass is 200 g/mol. The van der Waals surface area contributed by atoms with Crippen molar-refractivity contribution in [3.63, 3.8) is 0 Å². The lowest BCUT2D eigenvalue weighted by molar-refractivity contribution is 0.0813. The maximum atomic E-state index is 9.45. The Bertz CT molecular complexity index is 153. The molecule has 0 aromatic heterocycles. The van der Waals surface area contributed by atoms with Gasteiger partial charge in [-0.25, -0.2) is 0 Å². The molecule has 0 bridgehead atoms. The Morgan fingerprint density at radius 1 is 1.29 bits per heavy atom. The second kappa shape index (κ2) is 5.69. The quantitative estimate of drug-likeness (QED) is 0.690. The molecule has 1 heterocycles. The summed E-state index contributed by atoms with van der Waals surface area (Å²) >= 11 is 0. The highest BCUT2D eigenvalue weighted by atomic mass is 16.3. The molecule has 0 aromatic carbocycles. The van der Waals surface area contributed by atoms with Gasteiger partial charge in [0, 0.05) is 5.54 Å². The molecule has 0 amide bonds. The zero-order valence-electron chi connectivity index (χ0n) is 9.55. The summed E-state index contributed by atoms with van der Waals surface area (Å²) in [4.78, 5) is 2.45. The van der Waals surface area contributed by atoms with Crippen LogP contribution in [0, 0.1) is 0 Å². The molecule has 0 atom stereocenters. The summed E-state index contributed by atoms with van der Waals surface area (Å²) < 4.78 is 0. The molecule has 3 nitrogen and oxygen atoms in total. The Morgan fingerprint density at radius 3 is 2.36 bits per heavy atom. The van der Waals surface area contributed by atoms with Crippen molar-refractivity contribution in [3.8, 4) is 0 Å². The van der Waals surface area contributed by atoms with Gasteiger partial charge >= 0.3 is 0 Å². The molecule has 2 N–H and O–H groups in total. The highest BCUT2D eigenvalue weighted by molar-refractivity contribution is 4.92. The van der Waals surface area contributed by atoms with Crippen molar-refractivity contribution in [2.75, 3.05) is 32.8 Å². The summed E-state index contributed by atoms with van der Waals surface area (Å²) in [7, 11) is 0. The molecule has 0 radical (unpaired) electrons. The van der Waals surface area contributed by atoms with Crippen LogP contribution in [0.25, 0.3) is 0 Å². The number of hydrogen-bond donors (Lipinski definition) is 2. The standard InChI is InChI=1S/C11H24N2O/c1-3-7-12-11(10-14)5-8-13(4-2)9-6-11/h12,14H,3-10H2,1-2H3. The second-order valence-electron chi connectivity index (χ2n) is 4.30. The summed E-state index contributed by atoms with van der Waals surface area (Å²) in [5, 5.41) is 12.9. The molecular formula is C11H24N2O. The van der Waals surface area contributed by atoms with Gasteiger partial charge in [-0.3, -0.25) is 0 Å². The van der Waals surface area contributed by atoms with Gasteiger partial charge in [0.25, 0.3) is 0 Å². The molecule has 0 aromatic rings. The van der Waals surface area contributed by atoms with Crippen LogP contribution in [0.1, 0.15) is 33.1 Å². The van der Waals surface area contributed by atoms with Crippen LogP contribution in [0.15, 0.2) is 0 Å². The van der Waals surface area contributed by atoms with Gasteiger partial charge in [-0.15, -0.1) is 0 Å². The van der Waals surface area contributed by atoms with Gasteiger partial charge in [0.05, 0.1) is 6.61 Å². The molecule has 1 aliphatic rings. The second-order valence-corrected chi connectivity index (χ2v) is 4.30. The van der Waals surface area contributed by atoms with Crippen molar-refractivity contribution in [2.24, 2.45) is 0 Å². The number of nitrogens with zero attached hydrogens (tertiary/aromatic N) is 1. The average Bonchev–Trinajstić information content (AvgIpc) is 2.27. The molecule has 3 heteroatoms. The minimum absolute atomic E-state index is 0.0156. The van der Waals surface area contributed by atoms with Crippen LogP contribution < -0.4 is 5.32 Å². The van der Waals surface area contributed by atoms with Crippen LogP contribution in [0.4, 0.5) is 0 Å². The minimum atomic E-state index is 0.0156. The van der Waals surface area contributed by atoms with Crippen molar-refractivity contribution < 1.29 is 5.11 Å². The first-order valence-corrected chi connectivity index (χ1v) is 5.84. The van der Waals surface area contributed by atoms with E-state index in [1.54, 1.807) is 0 Å². The topological polar surface area (TPSA) is 35.5 Å². The van der Waals surface area contributed by atoms with Gasteiger partial charge in [0.15, 0.2) is 0 Å². The molecular weight excluding hydrogens is 176 g/mol. The summed E-state index contributed by atoms with van der Waals surface area (Å²) in [5.74, 6) is 0. The third-order valence-corrected chi connectivity index (χ3v) is 3.31. The molecule has 1 saturated heterocycles. The third kappa shape index (κ3) is 2.94. The van der Waals surface area contributed by atoms with Crippen LogP contribution in [0.2, 0.25) is 0 Å². The number of rotatable bonds is 5. The minimum Gasteiger partial charge on any atom is -0.394 e. The van der Waals surface area contributed by atoms with Crippen molar-refractivity contribution in [1.29, 1.82) is 0 Å². The van der Waals surface area contributed by atoms with Gasteiger partial charge in [-0.1, -0.05) is 13.8 Å². The predicted octanol–water partition coefficient (Wildman–Crippen LogP) is 0.833. The number of likely N-dealkylation sites (tertiary alicyclic amines) is 1. The molecule has 0 unspecified atom stereocenters. The Hall–Kier alpha value is -0.120. The highest BCUT2D eigenvalue weighted by Gasteiger charge is 2.32. The number of piperidine rings is 1. The van der Waals surface area contributed by atoms with Gasteiger partial charge in [-0.05, 0) is 45.4 Å². The maximum absolute atomic E-state index is 9.45. The number of nitrogens with one attached hydrogen (secondary N) is 1. The van der Waals surface area contributed by atoms with E-state index in [0.717, 1.165) is 45.4 Å². The lowest BCUT2D eigenvalue weighted by atomic mass is 9.88. The van der Waals surface area contributed by atoms with Crippen molar-refractivity contribution in [2.45, 2.75) is 38.6 Å². The SMILES string of the molecule is CCCNC1(CO)CCN(CC)CC1. The molecule has 1 rings (SSSR count). The Kier molecular flexibility index (Phi) is 4.85. The van der Waals surface area contributed by atoms with E-state index in [2.05, 4.69) is 24.1 Å². The molecule has 0 spiro atoms. The van der Waals surface area contributed by atoms with Gasteiger partial charge in [-0.2, -0.15) is 0 Å². The zero-order chi connectivity index (χ0) is 10.4. The lowest BCUT2D eigenvalue weighted by Crippen LogP contribution is -2.55. The van der Waals surface area contributed by atoms with E-state index in [9.17, 15) is 5.11 Å². The largest absolute Gasteiger partial charge is 0.394 e. The van der Waals surface area contributed by atoms with E-state index in [1.807, 2.05) is 0 Å². The summed E-state index contributed by atoms with van der Waals surface area (Å²) in [6.07, 6.45) is 3.30. The van der Waals surface area contributed by atoms with Crippen LogP contribution >= 0.6 is 0 Å². The number of aliphatic hydroxyl groups excluding tert-OH is 1. The summed E-state index contributed by atoms with van der Waals surface area (Å²) in [6, 6.07) is 0. The van der Waals surface area contributed by atoms with Crippen LogP contribution in [-0.4, -0.2) is 48.3 Å². The van der Waals surface area contributed by atoms with Crippen LogP contribution in [0.3, 0.4) is 0 Å². The van der Waals surface area contributed by atoms with E-state index in [-0.39, 0.29) is 12.1 Å². The van der Waals surface area contributed by atoms with Gasteiger partial charge in [0.1, 0.15) is 0 Å². The summed E-state index contributed by atoms with van der Waals surface area (Å²) in [6.45, 7) is 9.04. The molecule has 0 saturated carbocycles. The number of aliphatic hydroxyl groups is 1. The predicted molar refractivity (Wildman–Crippen MR) is 59.5 cm³/mol. The van der Waals surface area contributed by atoms with Gasteiger partial charge < -0.3 is 15.3 Å². The first-order chi connectivity index (χ1) is 6.76. The van der Waals surface area contributed by atoms with E-state index in [0.29, 0.717) is 0 Å². The highest BCUT2D eigenvalue weighted by Crippen LogP contribution is 2.21. The molecule has 14 heavy (non-hydrogen) atoms. The fourth-order valence-corrected chi connectivity index (χ4v) is 2.08. The van der Waals surface area contributed by atoms with Crippen molar-refractivity contribution in [1.82, 2.24) is 10.2 Å². The first kappa shape index (κ1) is 12.0. The first-order valence-electron chi connectivity index (χ1n) is 5.84. The van der Waals surface area contributed by atoms with Crippen molar-refractivity contribution >= 4 is 0 Å². The number of hydrogen-bond acceptors (Lipinski definition) is 3. The molecule has 1 fully saturated rings. The fraction of sp³-hybridized carbons (Fsp3) is 1.00. The third-order valence-electron chi connectivity index (χ3n) is 3.31. The van der Waals surface area contributed by atoms with Crippen LogP contribution in [0.5, 0.6) is 0 Å². The molecule has 0 aliphatic carbocycles. The average molecular weight is 200 g/mol. The van der Waals surface area contributed by atoms with Gasteiger partial charge in [0.2, 0.25) is 0 Å². The van der Waals surface area contributed by atoms with E-state index in [4.69, 9.17) is 0 Å². The lowest BCUT2D eigenvalue weighted by Gasteiger charge is -2.41. The van der Waals surface area contributed by atoms with E-state index in [1.165, 1.54) is 0 Å². The van der Waals surface area contributed by atoms with Crippen LogP contribution in [-0.2, 0) is 0 Å². The van der Waals surface area contributed by atoms with Crippen molar-refractivity contribution in [3.05, 3.63) is 0 Å². The molecule has 1 aliphatic heterocycles. The Labute approximate surface area is 87.5 Å². The Balaban J connectivity index is 2.39. The summed E-state index contributed by atoms with van der Waals surface area (Å²) in [5.41, 5.74) is 0.0156. The molecule has 84 valence electrons. The maximum Gasteiger partial charge on any atom is 0.0614 e.